The Balaban J connectivity index is 0.927. The number of carbonyl (C=O) groups is 5. The van der Waals surface area contributed by atoms with Crippen molar-refractivity contribution < 1.29 is 48.0 Å². The van der Waals surface area contributed by atoms with Gasteiger partial charge in [0.1, 0.15) is 19.0 Å². The largest absolute Gasteiger partial charge is 0.486 e. The van der Waals surface area contributed by atoms with Crippen LogP contribution in [0.25, 0.3) is 0 Å². The zero-order valence-corrected chi connectivity index (χ0v) is 34.0. The van der Waals surface area contributed by atoms with E-state index in [1.165, 1.54) is 0 Å². The Morgan fingerprint density at radius 2 is 1.73 bits per heavy atom. The van der Waals surface area contributed by atoms with Crippen molar-refractivity contribution >= 4 is 41.0 Å². The summed E-state index contributed by atoms with van der Waals surface area (Å²) in [5, 5.41) is 20.0. The predicted molar refractivity (Wildman–Crippen MR) is 218 cm³/mol. The zero-order chi connectivity index (χ0) is 42.0. The van der Waals surface area contributed by atoms with Gasteiger partial charge in [-0.25, -0.2) is 9.59 Å². The summed E-state index contributed by atoms with van der Waals surface area (Å²) in [6.07, 6.45) is 8.62. The Morgan fingerprint density at radius 1 is 1.00 bits per heavy atom. The fourth-order valence-corrected chi connectivity index (χ4v) is 10.7. The molecule has 2 unspecified atom stereocenters. The fraction of sp³-hybridized carbons (Fsp3) is 0.533. The van der Waals surface area contributed by atoms with Crippen LogP contribution in [-0.4, -0.2) is 72.0 Å². The number of primary amides is 1. The van der Waals surface area contributed by atoms with Gasteiger partial charge in [-0.1, -0.05) is 51.0 Å². The molecule has 6 N–H and O–H groups in total. The number of hydrogen-bond donors (Lipinski definition) is 5. The number of nitrogens with one attached hydrogen (secondary N) is 3. The second-order valence-electron chi connectivity index (χ2n) is 17.1. The minimum atomic E-state index is -1.29. The summed E-state index contributed by atoms with van der Waals surface area (Å²) in [6, 6.07) is 13.0. The van der Waals surface area contributed by atoms with Gasteiger partial charge in [-0.3, -0.25) is 19.7 Å². The first-order valence-electron chi connectivity index (χ1n) is 20.8. The van der Waals surface area contributed by atoms with Crippen LogP contribution >= 0.6 is 0 Å². The molecule has 9 atom stereocenters. The van der Waals surface area contributed by atoms with E-state index in [1.54, 1.807) is 60.7 Å². The van der Waals surface area contributed by atoms with E-state index in [9.17, 15) is 29.1 Å². The number of nitrogens with two attached hydrogens (primary N) is 1. The van der Waals surface area contributed by atoms with Gasteiger partial charge < -0.3 is 40.4 Å². The average Bonchev–Trinajstić information content (AvgIpc) is 3.68. The molecule has 1 aliphatic heterocycles. The molecule has 1 heterocycles. The number of amides is 4. The molecule has 4 aliphatic carbocycles. The Morgan fingerprint density at radius 3 is 2.46 bits per heavy atom. The van der Waals surface area contributed by atoms with Crippen LogP contribution < -0.4 is 26.4 Å². The third-order valence-corrected chi connectivity index (χ3v) is 13.4. The summed E-state index contributed by atoms with van der Waals surface area (Å²) in [7, 11) is 0. The molecule has 4 amide bonds. The number of urea groups is 1. The summed E-state index contributed by atoms with van der Waals surface area (Å²) < 4.78 is 24.8. The normalized spacial score (nSPS) is 31.5. The number of anilines is 2. The van der Waals surface area contributed by atoms with Gasteiger partial charge in [0, 0.05) is 41.1 Å². The van der Waals surface area contributed by atoms with E-state index in [-0.39, 0.29) is 48.4 Å². The molecule has 7 rings (SSSR count). The monoisotopic (exact) mass is 812 g/mol. The van der Waals surface area contributed by atoms with E-state index in [2.05, 4.69) is 36.7 Å². The molecule has 316 valence electrons. The van der Waals surface area contributed by atoms with Crippen LogP contribution in [0, 0.1) is 28.6 Å². The highest BCUT2D eigenvalue weighted by atomic mass is 16.7. The number of unbranched alkanes of at least 4 members (excludes halogenated alkanes) is 1. The summed E-state index contributed by atoms with van der Waals surface area (Å²) in [6.45, 7) is 6.45. The van der Waals surface area contributed by atoms with Crippen molar-refractivity contribution in [1.29, 1.82) is 0 Å². The molecule has 14 heteroatoms. The van der Waals surface area contributed by atoms with Crippen LogP contribution in [0.2, 0.25) is 0 Å². The molecule has 59 heavy (non-hydrogen) atoms. The van der Waals surface area contributed by atoms with Crippen molar-refractivity contribution in [2.75, 3.05) is 23.8 Å². The quantitative estimate of drug-likeness (QED) is 0.126. The number of allylic oxidation sites excluding steroid dienone is 4. The van der Waals surface area contributed by atoms with Crippen molar-refractivity contribution in [3.05, 3.63) is 77.9 Å². The van der Waals surface area contributed by atoms with Gasteiger partial charge in [0.05, 0.1) is 12.2 Å². The molecule has 5 aliphatic rings. The van der Waals surface area contributed by atoms with E-state index in [1.807, 2.05) is 6.08 Å². The topological polar surface area (TPSA) is 205 Å². The molecular formula is C45H56N4O10. The highest BCUT2D eigenvalue weighted by Crippen LogP contribution is 2.69. The van der Waals surface area contributed by atoms with Gasteiger partial charge in [-0.2, -0.15) is 0 Å². The average molecular weight is 813 g/mol. The van der Waals surface area contributed by atoms with Crippen molar-refractivity contribution in [3.8, 4) is 5.75 Å². The first kappa shape index (κ1) is 42.1. The van der Waals surface area contributed by atoms with E-state index >= 15 is 0 Å². The first-order chi connectivity index (χ1) is 28.3. The second kappa shape index (κ2) is 17.3. The molecule has 0 bridgehead atoms. The Kier molecular flexibility index (Phi) is 12.3. The van der Waals surface area contributed by atoms with Crippen LogP contribution in [0.4, 0.5) is 21.0 Å². The lowest BCUT2D eigenvalue weighted by Crippen LogP contribution is -2.63. The van der Waals surface area contributed by atoms with Gasteiger partial charge in [-0.15, -0.1) is 0 Å². The number of ketones is 2. The molecule has 2 aromatic rings. The van der Waals surface area contributed by atoms with Crippen LogP contribution in [0.5, 0.6) is 5.75 Å². The van der Waals surface area contributed by atoms with Gasteiger partial charge in [0.25, 0.3) is 0 Å². The number of aliphatic hydroxyl groups is 1. The lowest BCUT2D eigenvalue weighted by atomic mass is 9.46. The number of Topliss-reactive ketones (excluding diaryl/α,β-unsaturated/α-hetero) is 1. The summed E-state index contributed by atoms with van der Waals surface area (Å²) in [5.74, 6) is 0.160. The molecule has 0 radical (unpaired) electrons. The maximum Gasteiger partial charge on any atom is 0.411 e. The smallest absolute Gasteiger partial charge is 0.411 e. The van der Waals surface area contributed by atoms with Gasteiger partial charge in [-0.05, 0) is 111 Å². The summed E-state index contributed by atoms with van der Waals surface area (Å²) >= 11 is 0. The van der Waals surface area contributed by atoms with Gasteiger partial charge >= 0.3 is 12.1 Å². The minimum absolute atomic E-state index is 0.00865. The van der Waals surface area contributed by atoms with Crippen LogP contribution in [-0.2, 0) is 35.2 Å². The maximum absolute atomic E-state index is 14.6. The Bertz CT molecular complexity index is 1980. The summed E-state index contributed by atoms with van der Waals surface area (Å²) in [5.41, 5.74) is 5.51. The minimum Gasteiger partial charge on any atom is -0.486 e. The second-order valence-corrected chi connectivity index (χ2v) is 17.1. The summed E-state index contributed by atoms with van der Waals surface area (Å²) in [4.78, 5) is 62.4. The van der Waals surface area contributed by atoms with E-state index < -0.39 is 47.1 Å². The van der Waals surface area contributed by atoms with Crippen LogP contribution in [0.1, 0.15) is 84.1 Å². The van der Waals surface area contributed by atoms with Crippen molar-refractivity contribution in [2.45, 2.75) is 109 Å². The first-order valence-corrected chi connectivity index (χ1v) is 20.8. The van der Waals surface area contributed by atoms with Crippen LogP contribution in [0.3, 0.4) is 0 Å². The third kappa shape index (κ3) is 8.40. The lowest BCUT2D eigenvalue weighted by Gasteiger charge is -2.59. The Labute approximate surface area is 344 Å². The molecule has 0 aromatic heterocycles. The highest BCUT2D eigenvalue weighted by molar-refractivity contribution is 6.01. The highest BCUT2D eigenvalue weighted by Gasteiger charge is 2.75. The van der Waals surface area contributed by atoms with Gasteiger partial charge in [0.2, 0.25) is 11.7 Å². The number of benzene rings is 2. The zero-order valence-electron chi connectivity index (χ0n) is 34.0. The molecule has 4 fully saturated rings. The van der Waals surface area contributed by atoms with E-state index in [0.29, 0.717) is 62.2 Å². The third-order valence-electron chi connectivity index (χ3n) is 13.4. The fourth-order valence-electron chi connectivity index (χ4n) is 10.7. The van der Waals surface area contributed by atoms with Gasteiger partial charge in [0.15, 0.2) is 17.7 Å². The molecular weight excluding hydrogens is 757 g/mol. The molecule has 3 saturated carbocycles. The number of carbonyl (C=O) groups excluding carboxylic acids is 5. The van der Waals surface area contributed by atoms with Crippen molar-refractivity contribution in [1.82, 2.24) is 5.32 Å². The van der Waals surface area contributed by atoms with E-state index in [4.69, 9.17) is 24.7 Å². The SMILES string of the molecule is CCCC1O[C@@H]2C[C@H]3[C@@H]4CCC5=CC(=O)C=C[C@]5(C)C4[C@@H](O)C[C@]3(C)[C@]2(C(=O)COc2ccc(NC(=O)OCc3ccc(NC(=O)CCCCNC(N)=O)cc3)cc2)O1. The van der Waals surface area contributed by atoms with Crippen molar-refractivity contribution in [2.24, 2.45) is 34.3 Å². The van der Waals surface area contributed by atoms with Crippen LogP contribution in [0.15, 0.2) is 72.3 Å². The maximum atomic E-state index is 14.6. The molecule has 1 saturated heterocycles. The molecule has 14 nitrogen and oxygen atoms in total. The molecule has 2 aromatic carbocycles. The predicted octanol–water partition coefficient (Wildman–Crippen LogP) is 6.33. The number of ether oxygens (including phenoxy) is 4. The van der Waals surface area contributed by atoms with E-state index in [0.717, 1.165) is 30.4 Å². The lowest BCUT2D eigenvalue weighted by molar-refractivity contribution is -0.200. The molecule has 0 spiro atoms. The number of aliphatic hydroxyl groups excluding tert-OH is 1. The Hall–Kier alpha value is -5.05. The standard InChI is InChI=1S/C45H56N4O10/c1-4-7-39-58-37-23-34-33-18-11-28-22-31(50)19-20-43(28,2)40(33)35(51)24-44(34,3)45(37,59-39)36(52)26-56-32-16-14-30(15-17-32)49-42(55)57-25-27-9-12-29(13-10-27)48-38(53)8-5-6-21-47-41(46)54/h9-10,12-17,19-20,22,33-35,37,39-40,51H,4-8,11,18,21,23-26H2,1-3H3,(H,48,53)(H,49,55)(H3,46,47,54)/t33-,34-,35-,37+,39?,40?,43-,44-,45+/m0/s1. The van der Waals surface area contributed by atoms with Crippen molar-refractivity contribution in [3.63, 3.8) is 0 Å². The number of rotatable bonds is 15. The number of fused-ring (bicyclic) bond motifs is 7. The number of hydrogen-bond acceptors (Lipinski definition) is 10.